The zero-order valence-corrected chi connectivity index (χ0v) is 16.2. The standard InChI is InChI=1S/C15H25N3O2S.HI/c1-3-12-21-13-9-18-15(17-8-11-19-2)16-7-6-14-5-4-10-20-14;/h3-5,10H,1,6-9,11-13H2,2H3,(H2,16,17,18);1H. The van der Waals surface area contributed by atoms with Gasteiger partial charge in [-0.2, -0.15) is 11.8 Å². The van der Waals surface area contributed by atoms with E-state index >= 15 is 0 Å². The van der Waals surface area contributed by atoms with E-state index in [1.165, 1.54) is 0 Å². The molecule has 0 saturated heterocycles. The molecule has 1 aromatic rings. The number of hydrogen-bond donors (Lipinski definition) is 2. The number of methoxy groups -OCH3 is 1. The second-order valence-electron chi connectivity index (χ2n) is 4.27. The number of aliphatic imine (C=N–C) groups is 1. The van der Waals surface area contributed by atoms with Gasteiger partial charge in [0.15, 0.2) is 5.96 Å². The maximum atomic E-state index is 5.31. The van der Waals surface area contributed by atoms with Gasteiger partial charge < -0.3 is 19.8 Å². The van der Waals surface area contributed by atoms with Crippen LogP contribution >= 0.6 is 35.7 Å². The minimum atomic E-state index is 0. The molecule has 2 N–H and O–H groups in total. The van der Waals surface area contributed by atoms with Gasteiger partial charge in [-0.05, 0) is 12.1 Å². The highest BCUT2D eigenvalue weighted by Crippen LogP contribution is 1.99. The van der Waals surface area contributed by atoms with Gasteiger partial charge in [-0.25, -0.2) is 0 Å². The highest BCUT2D eigenvalue weighted by atomic mass is 127. The molecule has 126 valence electrons. The number of thioether (sulfide) groups is 1. The molecule has 0 unspecified atom stereocenters. The molecule has 0 atom stereocenters. The molecule has 0 aromatic carbocycles. The summed E-state index contributed by atoms with van der Waals surface area (Å²) in [6.45, 7) is 6.63. The van der Waals surface area contributed by atoms with Gasteiger partial charge in [0, 0.05) is 38.1 Å². The van der Waals surface area contributed by atoms with Crippen LogP contribution in [-0.2, 0) is 11.2 Å². The van der Waals surface area contributed by atoms with Gasteiger partial charge >= 0.3 is 0 Å². The molecule has 0 amide bonds. The molecular formula is C15H26IN3O2S. The molecule has 0 saturated carbocycles. The van der Waals surface area contributed by atoms with Crippen molar-refractivity contribution in [1.29, 1.82) is 0 Å². The van der Waals surface area contributed by atoms with Gasteiger partial charge in [-0.1, -0.05) is 6.08 Å². The van der Waals surface area contributed by atoms with Crippen LogP contribution in [0.15, 0.2) is 40.5 Å². The van der Waals surface area contributed by atoms with Crippen LogP contribution in [0.3, 0.4) is 0 Å². The third-order valence-electron chi connectivity index (χ3n) is 2.58. The number of hydrogen-bond acceptors (Lipinski definition) is 4. The predicted molar refractivity (Wildman–Crippen MR) is 106 cm³/mol. The molecule has 0 spiro atoms. The fraction of sp³-hybridized carbons (Fsp3) is 0.533. The van der Waals surface area contributed by atoms with Crippen LogP contribution in [-0.4, -0.2) is 50.8 Å². The van der Waals surface area contributed by atoms with Crippen LogP contribution in [0.2, 0.25) is 0 Å². The Hall–Kier alpha value is -0.670. The first-order valence-corrected chi connectivity index (χ1v) is 8.24. The number of ether oxygens (including phenoxy) is 1. The van der Waals surface area contributed by atoms with E-state index in [2.05, 4.69) is 22.2 Å². The molecule has 5 nitrogen and oxygen atoms in total. The first-order valence-electron chi connectivity index (χ1n) is 7.09. The summed E-state index contributed by atoms with van der Waals surface area (Å²) in [5.41, 5.74) is 0. The summed E-state index contributed by atoms with van der Waals surface area (Å²) in [6.07, 6.45) is 4.45. The molecule has 0 aliphatic heterocycles. The van der Waals surface area contributed by atoms with Gasteiger partial charge in [0.05, 0.1) is 19.4 Å². The molecule has 1 heterocycles. The number of nitrogens with zero attached hydrogens (tertiary/aromatic N) is 1. The number of nitrogens with one attached hydrogen (secondary N) is 2. The van der Waals surface area contributed by atoms with Crippen molar-refractivity contribution >= 4 is 41.7 Å². The second kappa shape index (κ2) is 15.2. The van der Waals surface area contributed by atoms with Crippen LogP contribution in [0.5, 0.6) is 0 Å². The summed E-state index contributed by atoms with van der Waals surface area (Å²) < 4.78 is 10.3. The van der Waals surface area contributed by atoms with E-state index in [0.29, 0.717) is 13.2 Å². The minimum Gasteiger partial charge on any atom is -0.469 e. The fourth-order valence-corrected chi connectivity index (χ4v) is 2.17. The molecule has 0 radical (unpaired) electrons. The molecule has 0 bridgehead atoms. The first kappa shape index (κ1) is 21.3. The van der Waals surface area contributed by atoms with E-state index in [4.69, 9.17) is 9.15 Å². The smallest absolute Gasteiger partial charge is 0.191 e. The summed E-state index contributed by atoms with van der Waals surface area (Å²) in [6, 6.07) is 3.88. The van der Waals surface area contributed by atoms with E-state index in [-0.39, 0.29) is 24.0 Å². The molecule has 0 fully saturated rings. The molecule has 1 rings (SSSR count). The van der Waals surface area contributed by atoms with Crippen molar-refractivity contribution in [2.45, 2.75) is 6.42 Å². The molecule has 22 heavy (non-hydrogen) atoms. The van der Waals surface area contributed by atoms with Crippen molar-refractivity contribution < 1.29 is 9.15 Å². The number of rotatable bonds is 11. The summed E-state index contributed by atoms with van der Waals surface area (Å²) in [4.78, 5) is 4.46. The Morgan fingerprint density at radius 1 is 1.45 bits per heavy atom. The van der Waals surface area contributed by atoms with Crippen LogP contribution in [0.1, 0.15) is 5.76 Å². The Kier molecular flexibility index (Phi) is 14.8. The van der Waals surface area contributed by atoms with E-state index in [1.807, 2.05) is 30.0 Å². The lowest BCUT2D eigenvalue weighted by Crippen LogP contribution is -2.39. The van der Waals surface area contributed by atoms with Crippen molar-refractivity contribution in [3.05, 3.63) is 36.8 Å². The van der Waals surface area contributed by atoms with Gasteiger partial charge in [0.25, 0.3) is 0 Å². The molecule has 1 aromatic heterocycles. The predicted octanol–water partition coefficient (Wildman–Crippen LogP) is 2.54. The molecule has 7 heteroatoms. The van der Waals surface area contributed by atoms with Crippen LogP contribution < -0.4 is 10.6 Å². The van der Waals surface area contributed by atoms with Crippen LogP contribution in [0.4, 0.5) is 0 Å². The van der Waals surface area contributed by atoms with Crippen molar-refractivity contribution in [3.63, 3.8) is 0 Å². The summed E-state index contributed by atoms with van der Waals surface area (Å²) in [5, 5.41) is 6.62. The molecule has 0 aliphatic carbocycles. The van der Waals surface area contributed by atoms with Gasteiger partial charge in [-0.3, -0.25) is 4.99 Å². The number of halogens is 1. The summed E-state index contributed by atoms with van der Waals surface area (Å²) in [7, 11) is 1.68. The first-order chi connectivity index (χ1) is 10.4. The van der Waals surface area contributed by atoms with E-state index in [1.54, 1.807) is 13.4 Å². The normalized spacial score (nSPS) is 10.9. The van der Waals surface area contributed by atoms with E-state index in [9.17, 15) is 0 Å². The zero-order chi connectivity index (χ0) is 15.2. The second-order valence-corrected chi connectivity index (χ2v) is 5.42. The van der Waals surface area contributed by atoms with Gasteiger partial charge in [0.2, 0.25) is 0 Å². The average Bonchev–Trinajstić information content (AvgIpc) is 3.00. The lowest BCUT2D eigenvalue weighted by atomic mass is 10.3. The van der Waals surface area contributed by atoms with Crippen molar-refractivity contribution in [3.8, 4) is 0 Å². The minimum absolute atomic E-state index is 0. The Balaban J connectivity index is 0.00000441. The van der Waals surface area contributed by atoms with E-state index < -0.39 is 0 Å². The Morgan fingerprint density at radius 3 is 2.95 bits per heavy atom. The van der Waals surface area contributed by atoms with Crippen LogP contribution in [0.25, 0.3) is 0 Å². The van der Waals surface area contributed by atoms with Crippen LogP contribution in [0, 0.1) is 0 Å². The van der Waals surface area contributed by atoms with Crippen molar-refractivity contribution in [1.82, 2.24) is 10.6 Å². The highest BCUT2D eigenvalue weighted by Gasteiger charge is 2.00. The summed E-state index contributed by atoms with van der Waals surface area (Å²) in [5.74, 6) is 3.79. The van der Waals surface area contributed by atoms with Gasteiger partial charge in [0.1, 0.15) is 5.76 Å². The van der Waals surface area contributed by atoms with Crippen molar-refractivity contribution in [2.24, 2.45) is 4.99 Å². The quantitative estimate of drug-likeness (QED) is 0.183. The number of furan rings is 1. The SMILES string of the molecule is C=CCSCCNC(=NCCOC)NCCc1ccco1.I. The van der Waals surface area contributed by atoms with E-state index in [0.717, 1.165) is 42.7 Å². The topological polar surface area (TPSA) is 58.8 Å². The molecular weight excluding hydrogens is 413 g/mol. The lowest BCUT2D eigenvalue weighted by molar-refractivity contribution is 0.208. The number of guanidine groups is 1. The largest absolute Gasteiger partial charge is 0.469 e. The fourth-order valence-electron chi connectivity index (χ4n) is 1.59. The highest BCUT2D eigenvalue weighted by molar-refractivity contribution is 14.0. The third-order valence-corrected chi connectivity index (χ3v) is 3.55. The maximum Gasteiger partial charge on any atom is 0.191 e. The summed E-state index contributed by atoms with van der Waals surface area (Å²) >= 11 is 1.84. The third kappa shape index (κ3) is 11.0. The van der Waals surface area contributed by atoms with Gasteiger partial charge in [-0.15, -0.1) is 30.6 Å². The molecule has 0 aliphatic rings. The zero-order valence-electron chi connectivity index (χ0n) is 13.0. The Labute approximate surface area is 154 Å². The lowest BCUT2D eigenvalue weighted by Gasteiger charge is -2.12. The maximum absolute atomic E-state index is 5.31. The Morgan fingerprint density at radius 2 is 2.27 bits per heavy atom. The van der Waals surface area contributed by atoms with Crippen molar-refractivity contribution in [2.75, 3.05) is 44.9 Å². The monoisotopic (exact) mass is 439 g/mol. The average molecular weight is 439 g/mol. The Bertz CT molecular complexity index is 400.